The molecule has 5 heteroatoms. The minimum atomic E-state index is -0.382. The van der Waals surface area contributed by atoms with Crippen molar-refractivity contribution < 1.29 is 19.8 Å². The summed E-state index contributed by atoms with van der Waals surface area (Å²) in [5, 5.41) is 19.7. The Morgan fingerprint density at radius 3 is 2.40 bits per heavy atom. The molecule has 0 unspecified atom stereocenters. The second-order valence-electron chi connectivity index (χ2n) is 4.70. The number of carbonyl (C=O) groups is 2. The molecule has 1 aliphatic rings. The lowest BCUT2D eigenvalue weighted by Gasteiger charge is -2.27. The van der Waals surface area contributed by atoms with Crippen molar-refractivity contribution in [1.29, 1.82) is 0 Å². The van der Waals surface area contributed by atoms with Crippen LogP contribution in [0.25, 0.3) is 10.8 Å². The molecule has 1 aliphatic heterocycles. The molecule has 2 N–H and O–H groups in total. The number of phenolic OH excluding ortho intramolecular Hbond substituents is 1. The Morgan fingerprint density at radius 2 is 1.70 bits per heavy atom. The molecule has 0 fully saturated rings. The van der Waals surface area contributed by atoms with Crippen molar-refractivity contribution in [2.75, 3.05) is 13.2 Å². The average molecular weight is 271 g/mol. The van der Waals surface area contributed by atoms with E-state index in [9.17, 15) is 14.7 Å². The van der Waals surface area contributed by atoms with Crippen LogP contribution in [0.4, 0.5) is 0 Å². The zero-order chi connectivity index (χ0) is 14.3. The Morgan fingerprint density at radius 1 is 1.00 bits per heavy atom. The summed E-state index contributed by atoms with van der Waals surface area (Å²) in [6, 6.07) is 7.99. The largest absolute Gasteiger partial charge is 0.507 e. The van der Waals surface area contributed by atoms with E-state index in [1.807, 2.05) is 0 Å². The van der Waals surface area contributed by atoms with E-state index in [1.54, 1.807) is 18.2 Å². The summed E-state index contributed by atoms with van der Waals surface area (Å²) < 4.78 is 0. The second kappa shape index (κ2) is 4.61. The van der Waals surface area contributed by atoms with E-state index in [0.29, 0.717) is 28.3 Å². The molecule has 102 valence electrons. The van der Waals surface area contributed by atoms with Gasteiger partial charge in [0.2, 0.25) is 0 Å². The van der Waals surface area contributed by atoms with Crippen molar-refractivity contribution in [2.45, 2.75) is 6.42 Å². The van der Waals surface area contributed by atoms with Crippen molar-refractivity contribution in [2.24, 2.45) is 0 Å². The SMILES string of the molecule is O=C1c2cccc3c(O)ccc(c23)C(=O)N1CCCO. The number of aromatic hydroxyl groups is 1. The number of carbonyl (C=O) groups excluding carboxylic acids is 2. The Labute approximate surface area is 115 Å². The van der Waals surface area contributed by atoms with Crippen LogP contribution >= 0.6 is 0 Å². The van der Waals surface area contributed by atoms with Gasteiger partial charge in [0.15, 0.2) is 0 Å². The molecule has 0 atom stereocenters. The van der Waals surface area contributed by atoms with Gasteiger partial charge in [0.25, 0.3) is 11.8 Å². The second-order valence-corrected chi connectivity index (χ2v) is 4.70. The van der Waals surface area contributed by atoms with Gasteiger partial charge >= 0.3 is 0 Å². The summed E-state index contributed by atoms with van der Waals surface area (Å²) in [6.45, 7) is 0.106. The summed E-state index contributed by atoms with van der Waals surface area (Å²) in [4.78, 5) is 25.9. The maximum Gasteiger partial charge on any atom is 0.261 e. The van der Waals surface area contributed by atoms with Crippen LogP contribution in [0.2, 0.25) is 0 Å². The van der Waals surface area contributed by atoms with Gasteiger partial charge in [-0.3, -0.25) is 14.5 Å². The van der Waals surface area contributed by atoms with Crippen LogP contribution in [-0.2, 0) is 0 Å². The Bertz CT molecular complexity index is 701. The van der Waals surface area contributed by atoms with Crippen molar-refractivity contribution in [3.8, 4) is 5.75 Å². The lowest BCUT2D eigenvalue weighted by Crippen LogP contribution is -2.41. The third kappa shape index (κ3) is 1.67. The van der Waals surface area contributed by atoms with E-state index in [4.69, 9.17) is 5.11 Å². The first-order chi connectivity index (χ1) is 9.65. The molecule has 20 heavy (non-hydrogen) atoms. The molecule has 0 radical (unpaired) electrons. The van der Waals surface area contributed by atoms with E-state index in [1.165, 1.54) is 12.1 Å². The molecule has 2 amide bonds. The summed E-state index contributed by atoms with van der Waals surface area (Å²) in [5.41, 5.74) is 0.817. The summed E-state index contributed by atoms with van der Waals surface area (Å²) >= 11 is 0. The lowest BCUT2D eigenvalue weighted by molar-refractivity contribution is 0.0601. The van der Waals surface area contributed by atoms with E-state index in [0.717, 1.165) is 4.90 Å². The highest BCUT2D eigenvalue weighted by Crippen LogP contribution is 2.34. The Kier molecular flexibility index (Phi) is 2.91. The van der Waals surface area contributed by atoms with Crippen LogP contribution in [0.3, 0.4) is 0 Å². The van der Waals surface area contributed by atoms with Gasteiger partial charge in [-0.15, -0.1) is 0 Å². The number of phenols is 1. The van der Waals surface area contributed by atoms with Gasteiger partial charge in [0.1, 0.15) is 5.75 Å². The number of hydrogen-bond donors (Lipinski definition) is 2. The highest BCUT2D eigenvalue weighted by atomic mass is 16.3. The van der Waals surface area contributed by atoms with Crippen LogP contribution in [0.15, 0.2) is 30.3 Å². The molecular weight excluding hydrogens is 258 g/mol. The third-order valence-corrected chi connectivity index (χ3v) is 3.51. The highest BCUT2D eigenvalue weighted by Gasteiger charge is 2.32. The molecule has 0 saturated heterocycles. The molecule has 2 aromatic carbocycles. The number of rotatable bonds is 3. The maximum atomic E-state index is 12.4. The Hall–Kier alpha value is -2.40. The van der Waals surface area contributed by atoms with Crippen LogP contribution < -0.4 is 0 Å². The van der Waals surface area contributed by atoms with Crippen LogP contribution in [0.5, 0.6) is 5.75 Å². The third-order valence-electron chi connectivity index (χ3n) is 3.51. The number of aliphatic hydroxyl groups is 1. The first-order valence-corrected chi connectivity index (χ1v) is 6.37. The first-order valence-electron chi connectivity index (χ1n) is 6.37. The van der Waals surface area contributed by atoms with Gasteiger partial charge < -0.3 is 10.2 Å². The van der Waals surface area contributed by atoms with E-state index in [-0.39, 0.29) is 30.7 Å². The first kappa shape index (κ1) is 12.6. The topological polar surface area (TPSA) is 77.8 Å². The quantitative estimate of drug-likeness (QED) is 0.830. The fraction of sp³-hybridized carbons (Fsp3) is 0.200. The molecule has 0 aromatic heterocycles. The fourth-order valence-corrected chi connectivity index (χ4v) is 2.56. The summed E-state index contributed by atoms with van der Waals surface area (Å²) in [5.74, 6) is -0.714. The molecule has 0 spiro atoms. The molecule has 0 bridgehead atoms. The van der Waals surface area contributed by atoms with Crippen LogP contribution in [0.1, 0.15) is 27.1 Å². The standard InChI is InChI=1S/C15H13NO4/c17-8-2-7-16-14(19)10-4-1-3-9-12(18)6-5-11(13(9)10)15(16)20/h1,3-6,17-18H,2,7-8H2. The average Bonchev–Trinajstić information content (AvgIpc) is 2.46. The molecule has 1 heterocycles. The molecule has 3 rings (SSSR count). The molecule has 0 saturated carbocycles. The number of hydrogen-bond acceptors (Lipinski definition) is 4. The van der Waals surface area contributed by atoms with Crippen molar-refractivity contribution in [3.63, 3.8) is 0 Å². The van der Waals surface area contributed by atoms with Gasteiger partial charge in [-0.2, -0.15) is 0 Å². The van der Waals surface area contributed by atoms with Crippen molar-refractivity contribution in [3.05, 3.63) is 41.5 Å². The number of imide groups is 1. The van der Waals surface area contributed by atoms with Gasteiger partial charge in [-0.25, -0.2) is 0 Å². The normalized spacial score (nSPS) is 14.2. The molecule has 5 nitrogen and oxygen atoms in total. The van der Waals surface area contributed by atoms with E-state index < -0.39 is 0 Å². The van der Waals surface area contributed by atoms with Gasteiger partial charge in [0, 0.05) is 35.1 Å². The highest BCUT2D eigenvalue weighted by molar-refractivity contribution is 6.26. The monoisotopic (exact) mass is 271 g/mol. The predicted molar refractivity (Wildman–Crippen MR) is 72.7 cm³/mol. The van der Waals surface area contributed by atoms with E-state index in [2.05, 4.69) is 0 Å². The Balaban J connectivity index is 2.23. The lowest BCUT2D eigenvalue weighted by atomic mass is 9.93. The van der Waals surface area contributed by atoms with E-state index >= 15 is 0 Å². The zero-order valence-electron chi connectivity index (χ0n) is 10.7. The maximum absolute atomic E-state index is 12.4. The number of benzene rings is 2. The number of nitrogens with zero attached hydrogens (tertiary/aromatic N) is 1. The molecular formula is C15H13NO4. The van der Waals surface area contributed by atoms with Gasteiger partial charge in [-0.05, 0) is 24.6 Å². The summed E-state index contributed by atoms with van der Waals surface area (Å²) in [6.07, 6.45) is 0.348. The van der Waals surface area contributed by atoms with Crippen LogP contribution in [0, 0.1) is 0 Å². The predicted octanol–water partition coefficient (Wildman–Crippen LogP) is 1.52. The fourth-order valence-electron chi connectivity index (χ4n) is 2.56. The molecule has 2 aromatic rings. The zero-order valence-corrected chi connectivity index (χ0v) is 10.7. The smallest absolute Gasteiger partial charge is 0.261 e. The minimum absolute atomic E-state index is 0.0509. The van der Waals surface area contributed by atoms with Crippen molar-refractivity contribution in [1.82, 2.24) is 4.90 Å². The van der Waals surface area contributed by atoms with Crippen molar-refractivity contribution >= 4 is 22.6 Å². The van der Waals surface area contributed by atoms with Gasteiger partial charge in [-0.1, -0.05) is 12.1 Å². The summed E-state index contributed by atoms with van der Waals surface area (Å²) in [7, 11) is 0. The van der Waals surface area contributed by atoms with Crippen LogP contribution in [-0.4, -0.2) is 40.1 Å². The minimum Gasteiger partial charge on any atom is -0.507 e. The number of amides is 2. The number of aliphatic hydroxyl groups excluding tert-OH is 1. The van der Waals surface area contributed by atoms with Gasteiger partial charge in [0.05, 0.1) is 0 Å². The molecule has 0 aliphatic carbocycles.